The molecular weight excluding hydrogens is 222 g/mol. The van der Waals surface area contributed by atoms with Gasteiger partial charge in [0.1, 0.15) is 5.82 Å². The van der Waals surface area contributed by atoms with E-state index >= 15 is 0 Å². The van der Waals surface area contributed by atoms with Gasteiger partial charge < -0.3 is 5.32 Å². The van der Waals surface area contributed by atoms with Gasteiger partial charge in [-0.1, -0.05) is 29.8 Å². The Hall–Kier alpha value is -1.74. The van der Waals surface area contributed by atoms with Crippen molar-refractivity contribution < 1.29 is 0 Å². The summed E-state index contributed by atoms with van der Waals surface area (Å²) < 4.78 is 0. The first-order chi connectivity index (χ1) is 8.74. The van der Waals surface area contributed by atoms with Crippen LogP contribution in [0.5, 0.6) is 0 Å². The number of rotatable bonds is 5. The van der Waals surface area contributed by atoms with Crippen LogP contribution in [0.1, 0.15) is 22.6 Å². The molecule has 1 aromatic carbocycles. The monoisotopic (exact) mass is 241 g/mol. The molecule has 0 aliphatic carbocycles. The van der Waals surface area contributed by atoms with Crippen molar-refractivity contribution in [2.75, 3.05) is 6.54 Å². The van der Waals surface area contributed by atoms with Gasteiger partial charge in [0, 0.05) is 12.7 Å². The van der Waals surface area contributed by atoms with Crippen LogP contribution < -0.4 is 5.32 Å². The summed E-state index contributed by atoms with van der Waals surface area (Å²) in [6.07, 6.45) is 2.85. The number of nitrogens with one attached hydrogen (secondary N) is 1. The summed E-state index contributed by atoms with van der Waals surface area (Å²) in [6, 6.07) is 10.6. The molecule has 2 rings (SSSR count). The number of nitrogens with zero attached hydrogens (tertiary/aromatic N) is 2. The van der Waals surface area contributed by atoms with Gasteiger partial charge in [-0.2, -0.15) is 0 Å². The van der Waals surface area contributed by atoms with Gasteiger partial charge in [0.05, 0.1) is 5.69 Å². The molecule has 1 aromatic heterocycles. The van der Waals surface area contributed by atoms with Gasteiger partial charge in [0.25, 0.3) is 0 Å². The van der Waals surface area contributed by atoms with Crippen molar-refractivity contribution in [3.63, 3.8) is 0 Å². The van der Waals surface area contributed by atoms with E-state index in [4.69, 9.17) is 0 Å². The Morgan fingerprint density at radius 2 is 2.06 bits per heavy atom. The van der Waals surface area contributed by atoms with Crippen LogP contribution in [-0.2, 0) is 13.0 Å². The molecular formula is C15H19N3. The van der Waals surface area contributed by atoms with E-state index in [9.17, 15) is 0 Å². The van der Waals surface area contributed by atoms with Crippen LogP contribution in [0, 0.1) is 13.8 Å². The maximum absolute atomic E-state index is 4.36. The van der Waals surface area contributed by atoms with Crippen LogP contribution in [-0.4, -0.2) is 16.5 Å². The van der Waals surface area contributed by atoms with Crippen molar-refractivity contribution in [3.05, 3.63) is 59.2 Å². The van der Waals surface area contributed by atoms with Gasteiger partial charge in [-0.15, -0.1) is 0 Å². The van der Waals surface area contributed by atoms with Crippen LogP contribution in [0.4, 0.5) is 0 Å². The van der Waals surface area contributed by atoms with Crippen molar-refractivity contribution in [2.24, 2.45) is 0 Å². The lowest BCUT2D eigenvalue weighted by atomic mass is 10.1. The Kier molecular flexibility index (Phi) is 4.42. The van der Waals surface area contributed by atoms with Crippen LogP contribution in [0.3, 0.4) is 0 Å². The van der Waals surface area contributed by atoms with Crippen molar-refractivity contribution >= 4 is 0 Å². The van der Waals surface area contributed by atoms with Crippen molar-refractivity contribution in [3.8, 4) is 0 Å². The molecule has 0 unspecified atom stereocenters. The first-order valence-electron chi connectivity index (χ1n) is 6.29. The third kappa shape index (κ3) is 3.93. The zero-order valence-electron chi connectivity index (χ0n) is 11.0. The Morgan fingerprint density at radius 3 is 2.83 bits per heavy atom. The molecule has 0 bridgehead atoms. The zero-order valence-corrected chi connectivity index (χ0v) is 11.0. The number of aryl methyl sites for hydroxylation is 2. The Balaban J connectivity index is 1.76. The van der Waals surface area contributed by atoms with E-state index < -0.39 is 0 Å². The minimum atomic E-state index is 0.801. The summed E-state index contributed by atoms with van der Waals surface area (Å²) >= 11 is 0. The molecule has 0 radical (unpaired) electrons. The fourth-order valence-corrected chi connectivity index (χ4v) is 1.92. The third-order valence-corrected chi connectivity index (χ3v) is 2.81. The molecule has 0 saturated heterocycles. The van der Waals surface area contributed by atoms with E-state index in [0.717, 1.165) is 31.0 Å². The van der Waals surface area contributed by atoms with Crippen molar-refractivity contribution in [2.45, 2.75) is 26.8 Å². The number of benzene rings is 1. The molecule has 3 heteroatoms. The van der Waals surface area contributed by atoms with Crippen molar-refractivity contribution in [1.82, 2.24) is 15.3 Å². The average Bonchev–Trinajstić information content (AvgIpc) is 2.35. The average molecular weight is 241 g/mol. The quantitative estimate of drug-likeness (QED) is 0.817. The summed E-state index contributed by atoms with van der Waals surface area (Å²) in [4.78, 5) is 8.44. The van der Waals surface area contributed by atoms with E-state index in [1.54, 1.807) is 6.20 Å². The molecule has 2 aromatic rings. The summed E-state index contributed by atoms with van der Waals surface area (Å²) in [5.41, 5.74) is 3.74. The number of hydrogen-bond acceptors (Lipinski definition) is 3. The second-order valence-corrected chi connectivity index (χ2v) is 4.51. The summed E-state index contributed by atoms with van der Waals surface area (Å²) in [7, 11) is 0. The lowest BCUT2D eigenvalue weighted by Gasteiger charge is -2.05. The van der Waals surface area contributed by atoms with E-state index in [1.807, 2.05) is 13.0 Å². The highest BCUT2D eigenvalue weighted by atomic mass is 14.9. The van der Waals surface area contributed by atoms with E-state index in [-0.39, 0.29) is 0 Å². The highest BCUT2D eigenvalue weighted by Gasteiger charge is 1.96. The molecule has 1 N–H and O–H groups in total. The Labute approximate surface area is 108 Å². The SMILES string of the molecule is Cc1cccc(CCNCc2ccnc(C)n2)c1. The molecule has 0 fully saturated rings. The predicted octanol–water partition coefficient (Wildman–Crippen LogP) is 2.43. The smallest absolute Gasteiger partial charge is 0.125 e. The zero-order chi connectivity index (χ0) is 12.8. The number of aromatic nitrogens is 2. The second-order valence-electron chi connectivity index (χ2n) is 4.51. The van der Waals surface area contributed by atoms with Gasteiger partial charge in [0.2, 0.25) is 0 Å². The fraction of sp³-hybridized carbons (Fsp3) is 0.333. The lowest BCUT2D eigenvalue weighted by molar-refractivity contribution is 0.670. The molecule has 0 aliphatic rings. The second kappa shape index (κ2) is 6.26. The third-order valence-electron chi connectivity index (χ3n) is 2.81. The largest absolute Gasteiger partial charge is 0.311 e. The minimum absolute atomic E-state index is 0.801. The molecule has 0 aliphatic heterocycles. The molecule has 0 saturated carbocycles. The highest BCUT2D eigenvalue weighted by Crippen LogP contribution is 2.04. The van der Waals surface area contributed by atoms with Crippen LogP contribution in [0.15, 0.2) is 36.5 Å². The topological polar surface area (TPSA) is 37.8 Å². The minimum Gasteiger partial charge on any atom is -0.311 e. The first kappa shape index (κ1) is 12.7. The van der Waals surface area contributed by atoms with Gasteiger partial charge in [-0.3, -0.25) is 0 Å². The maximum atomic E-state index is 4.36. The Bertz CT molecular complexity index is 461. The lowest BCUT2D eigenvalue weighted by Crippen LogP contribution is -2.17. The fourth-order valence-electron chi connectivity index (χ4n) is 1.92. The summed E-state index contributed by atoms with van der Waals surface area (Å²) in [5, 5.41) is 3.41. The van der Waals surface area contributed by atoms with Gasteiger partial charge in [-0.05, 0) is 38.4 Å². The van der Waals surface area contributed by atoms with Gasteiger partial charge in [0.15, 0.2) is 0 Å². The summed E-state index contributed by atoms with van der Waals surface area (Å²) in [5.74, 6) is 0.827. The van der Waals surface area contributed by atoms with Gasteiger partial charge >= 0.3 is 0 Å². The molecule has 3 nitrogen and oxygen atoms in total. The van der Waals surface area contributed by atoms with E-state index in [2.05, 4.69) is 46.5 Å². The summed E-state index contributed by atoms with van der Waals surface area (Å²) in [6.45, 7) is 5.80. The van der Waals surface area contributed by atoms with E-state index in [0.29, 0.717) is 0 Å². The predicted molar refractivity (Wildman–Crippen MR) is 73.4 cm³/mol. The van der Waals surface area contributed by atoms with Gasteiger partial charge in [-0.25, -0.2) is 9.97 Å². The van der Waals surface area contributed by atoms with Crippen LogP contribution in [0.2, 0.25) is 0 Å². The normalized spacial score (nSPS) is 10.6. The van der Waals surface area contributed by atoms with Crippen molar-refractivity contribution in [1.29, 1.82) is 0 Å². The number of hydrogen-bond donors (Lipinski definition) is 1. The first-order valence-corrected chi connectivity index (χ1v) is 6.29. The molecule has 0 spiro atoms. The highest BCUT2D eigenvalue weighted by molar-refractivity contribution is 5.22. The van der Waals surface area contributed by atoms with Crippen LogP contribution >= 0.6 is 0 Å². The maximum Gasteiger partial charge on any atom is 0.125 e. The van der Waals surface area contributed by atoms with Crippen LogP contribution in [0.25, 0.3) is 0 Å². The molecule has 1 heterocycles. The molecule has 94 valence electrons. The molecule has 0 atom stereocenters. The van der Waals surface area contributed by atoms with E-state index in [1.165, 1.54) is 11.1 Å². The molecule has 0 amide bonds. The molecule has 18 heavy (non-hydrogen) atoms. The standard InChI is InChI=1S/C15H19N3/c1-12-4-3-5-14(10-12)6-8-16-11-15-7-9-17-13(2)18-15/h3-5,7,9-10,16H,6,8,11H2,1-2H3. The Morgan fingerprint density at radius 1 is 1.17 bits per heavy atom.